The van der Waals surface area contributed by atoms with Crippen LogP contribution in [0.2, 0.25) is 0 Å². The second-order valence-electron chi connectivity index (χ2n) is 3.93. The van der Waals surface area contributed by atoms with E-state index in [9.17, 15) is 4.79 Å². The van der Waals surface area contributed by atoms with E-state index in [0.29, 0.717) is 13.0 Å². The zero-order chi connectivity index (χ0) is 12.7. The molecule has 0 heterocycles. The Morgan fingerprint density at radius 1 is 1.35 bits per heavy atom. The van der Waals surface area contributed by atoms with Gasteiger partial charge < -0.3 is 5.32 Å². The molecule has 0 bridgehead atoms. The van der Waals surface area contributed by atoms with Crippen LogP contribution in [0.1, 0.15) is 31.4 Å². The van der Waals surface area contributed by atoms with E-state index in [-0.39, 0.29) is 5.91 Å². The van der Waals surface area contributed by atoms with Gasteiger partial charge in [-0.05, 0) is 24.0 Å². The molecule has 0 spiro atoms. The minimum Gasteiger partial charge on any atom is -0.351 e. The Kier molecular flexibility index (Phi) is 5.22. The minimum atomic E-state index is -0.538. The number of hydrogen-bond donors (Lipinski definition) is 1. The average Bonchev–Trinajstić information content (AvgIpc) is 2.38. The first-order chi connectivity index (χ1) is 8.22. The van der Waals surface area contributed by atoms with Gasteiger partial charge in [0.15, 0.2) is 0 Å². The van der Waals surface area contributed by atoms with Crippen molar-refractivity contribution in [2.24, 2.45) is 5.92 Å². The summed E-state index contributed by atoms with van der Waals surface area (Å²) in [6, 6.07) is 10.0. The molecule has 0 aliphatic carbocycles. The summed E-state index contributed by atoms with van der Waals surface area (Å²) in [5.74, 6) is -0.718. The van der Waals surface area contributed by atoms with Gasteiger partial charge in [-0.3, -0.25) is 4.79 Å². The fourth-order valence-corrected chi connectivity index (χ4v) is 1.72. The molecule has 1 aromatic rings. The largest absolute Gasteiger partial charge is 0.351 e. The van der Waals surface area contributed by atoms with Crippen LogP contribution in [0, 0.1) is 17.2 Å². The van der Waals surface area contributed by atoms with Crippen molar-refractivity contribution in [2.45, 2.75) is 33.2 Å². The molecule has 0 fully saturated rings. The number of nitrogens with one attached hydrogen (secondary N) is 1. The summed E-state index contributed by atoms with van der Waals surface area (Å²) in [7, 11) is 0. The summed E-state index contributed by atoms with van der Waals surface area (Å²) in [6.45, 7) is 4.43. The number of aryl methyl sites for hydroxylation is 1. The maximum Gasteiger partial charge on any atom is 0.237 e. The van der Waals surface area contributed by atoms with Gasteiger partial charge in [0.2, 0.25) is 5.91 Å². The van der Waals surface area contributed by atoms with Crippen LogP contribution in [0.3, 0.4) is 0 Å². The third-order valence-corrected chi connectivity index (χ3v) is 2.83. The molecule has 1 N–H and O–H groups in total. The number of carbonyl (C=O) groups is 1. The van der Waals surface area contributed by atoms with Gasteiger partial charge in [-0.1, -0.05) is 38.1 Å². The van der Waals surface area contributed by atoms with E-state index in [2.05, 4.69) is 18.3 Å². The third-order valence-electron chi connectivity index (χ3n) is 2.83. The molecule has 0 aliphatic heterocycles. The van der Waals surface area contributed by atoms with Crippen molar-refractivity contribution in [3.63, 3.8) is 0 Å². The van der Waals surface area contributed by atoms with Crippen LogP contribution in [0.15, 0.2) is 24.3 Å². The van der Waals surface area contributed by atoms with Crippen LogP contribution in [0.25, 0.3) is 0 Å². The van der Waals surface area contributed by atoms with Gasteiger partial charge in [0.1, 0.15) is 5.92 Å². The number of amides is 1. The Balaban J connectivity index is 2.62. The number of hydrogen-bond acceptors (Lipinski definition) is 2. The highest BCUT2D eigenvalue weighted by Crippen LogP contribution is 2.09. The van der Waals surface area contributed by atoms with Gasteiger partial charge in [0, 0.05) is 6.54 Å². The first-order valence-electron chi connectivity index (χ1n) is 5.97. The molecule has 1 amide bonds. The number of nitrogens with zero attached hydrogens (tertiary/aromatic N) is 1. The zero-order valence-electron chi connectivity index (χ0n) is 10.4. The summed E-state index contributed by atoms with van der Waals surface area (Å²) in [5.41, 5.74) is 2.36. The Morgan fingerprint density at radius 2 is 2.00 bits per heavy atom. The molecule has 1 aromatic carbocycles. The molecule has 1 rings (SSSR count). The highest BCUT2D eigenvalue weighted by Gasteiger charge is 2.14. The lowest BCUT2D eigenvalue weighted by molar-refractivity contribution is -0.123. The lowest BCUT2D eigenvalue weighted by Gasteiger charge is -2.11. The zero-order valence-corrected chi connectivity index (χ0v) is 10.4. The molecular formula is C14H18N2O. The maximum absolute atomic E-state index is 11.6. The molecular weight excluding hydrogens is 212 g/mol. The van der Waals surface area contributed by atoms with E-state index < -0.39 is 5.92 Å². The van der Waals surface area contributed by atoms with Crippen molar-refractivity contribution in [3.8, 4) is 6.07 Å². The van der Waals surface area contributed by atoms with Crippen LogP contribution >= 0.6 is 0 Å². The summed E-state index contributed by atoms with van der Waals surface area (Å²) < 4.78 is 0. The van der Waals surface area contributed by atoms with Crippen LogP contribution in [-0.2, 0) is 17.8 Å². The van der Waals surface area contributed by atoms with E-state index in [1.807, 2.05) is 31.2 Å². The molecule has 17 heavy (non-hydrogen) atoms. The summed E-state index contributed by atoms with van der Waals surface area (Å²) in [6.07, 6.45) is 1.50. The fraction of sp³-hybridized carbons (Fsp3) is 0.429. The van der Waals surface area contributed by atoms with E-state index in [0.717, 1.165) is 12.0 Å². The molecule has 0 aliphatic rings. The van der Waals surface area contributed by atoms with Crippen molar-refractivity contribution in [2.75, 3.05) is 0 Å². The average molecular weight is 230 g/mol. The second-order valence-corrected chi connectivity index (χ2v) is 3.93. The van der Waals surface area contributed by atoms with Crippen LogP contribution in [0.5, 0.6) is 0 Å². The normalized spacial score (nSPS) is 11.6. The predicted molar refractivity (Wildman–Crippen MR) is 67.1 cm³/mol. The van der Waals surface area contributed by atoms with Crippen LogP contribution < -0.4 is 5.32 Å². The number of carbonyl (C=O) groups excluding carboxylic acids is 1. The van der Waals surface area contributed by atoms with E-state index in [1.54, 1.807) is 0 Å². The van der Waals surface area contributed by atoms with E-state index >= 15 is 0 Å². The lowest BCUT2D eigenvalue weighted by atomic mass is 10.0. The third kappa shape index (κ3) is 3.60. The maximum atomic E-state index is 11.6. The topological polar surface area (TPSA) is 52.9 Å². The highest BCUT2D eigenvalue weighted by atomic mass is 16.1. The smallest absolute Gasteiger partial charge is 0.237 e. The number of benzene rings is 1. The molecule has 1 unspecified atom stereocenters. The van der Waals surface area contributed by atoms with Gasteiger partial charge in [-0.2, -0.15) is 5.26 Å². The monoisotopic (exact) mass is 230 g/mol. The van der Waals surface area contributed by atoms with Crippen LogP contribution in [-0.4, -0.2) is 5.91 Å². The minimum absolute atomic E-state index is 0.180. The van der Waals surface area contributed by atoms with E-state index in [4.69, 9.17) is 5.26 Å². The summed E-state index contributed by atoms with van der Waals surface area (Å²) >= 11 is 0. The molecule has 0 saturated heterocycles. The quantitative estimate of drug-likeness (QED) is 0.844. The second kappa shape index (κ2) is 6.70. The molecule has 3 nitrogen and oxygen atoms in total. The molecule has 0 radical (unpaired) electrons. The van der Waals surface area contributed by atoms with Gasteiger partial charge in [-0.25, -0.2) is 0 Å². The molecule has 1 atom stereocenters. The Bertz CT molecular complexity index is 420. The first-order valence-corrected chi connectivity index (χ1v) is 5.97. The number of nitriles is 1. The van der Waals surface area contributed by atoms with E-state index in [1.165, 1.54) is 5.56 Å². The van der Waals surface area contributed by atoms with Crippen molar-refractivity contribution in [1.29, 1.82) is 5.26 Å². The van der Waals surface area contributed by atoms with Gasteiger partial charge in [0.25, 0.3) is 0 Å². The Morgan fingerprint density at radius 3 is 2.53 bits per heavy atom. The molecule has 0 aromatic heterocycles. The van der Waals surface area contributed by atoms with Gasteiger partial charge >= 0.3 is 0 Å². The first kappa shape index (κ1) is 13.2. The molecule has 0 saturated carbocycles. The van der Waals surface area contributed by atoms with Crippen molar-refractivity contribution >= 4 is 5.91 Å². The standard InChI is InChI=1S/C14H18N2O/c1-3-11-7-5-6-8-13(11)10-16-14(17)12(4-2)9-15/h5-8,12H,3-4,10H2,1-2H3,(H,16,17). The molecule has 90 valence electrons. The van der Waals surface area contributed by atoms with Crippen LogP contribution in [0.4, 0.5) is 0 Å². The Hall–Kier alpha value is -1.82. The molecule has 3 heteroatoms. The summed E-state index contributed by atoms with van der Waals surface area (Å²) in [4.78, 5) is 11.6. The van der Waals surface area contributed by atoms with Crippen molar-refractivity contribution in [1.82, 2.24) is 5.32 Å². The summed E-state index contributed by atoms with van der Waals surface area (Å²) in [5, 5.41) is 11.6. The van der Waals surface area contributed by atoms with Gasteiger partial charge in [-0.15, -0.1) is 0 Å². The lowest BCUT2D eigenvalue weighted by Crippen LogP contribution is -2.29. The number of rotatable bonds is 5. The fourth-order valence-electron chi connectivity index (χ4n) is 1.72. The van der Waals surface area contributed by atoms with Gasteiger partial charge in [0.05, 0.1) is 6.07 Å². The predicted octanol–water partition coefficient (Wildman–Crippen LogP) is 2.41. The SMILES string of the molecule is CCc1ccccc1CNC(=O)C(C#N)CC. The van der Waals surface area contributed by atoms with Crippen molar-refractivity contribution < 1.29 is 4.79 Å². The van der Waals surface area contributed by atoms with Crippen molar-refractivity contribution in [3.05, 3.63) is 35.4 Å². The highest BCUT2D eigenvalue weighted by molar-refractivity contribution is 5.80. The Labute approximate surface area is 102 Å².